The van der Waals surface area contributed by atoms with E-state index in [-0.39, 0.29) is 17.4 Å². The molecule has 1 fully saturated rings. The first-order chi connectivity index (χ1) is 8.97. The molecule has 1 aliphatic heterocycles. The Bertz CT molecular complexity index is 488. The van der Waals surface area contributed by atoms with Gasteiger partial charge in [-0.15, -0.1) is 0 Å². The standard InChI is InChI=1S/C13H16BrFN2O2/c1-17-4-2-8(3-5-17)19-13(18)9-6-12(16)11(15)7-10(9)14/h6-8H,2-5,16H2,1H3. The number of esters is 1. The van der Waals surface area contributed by atoms with E-state index in [1.807, 2.05) is 7.05 Å². The first-order valence-corrected chi connectivity index (χ1v) is 6.90. The van der Waals surface area contributed by atoms with Gasteiger partial charge in [-0.05, 0) is 48.0 Å². The Kier molecular flexibility index (Phi) is 4.42. The number of piperidine rings is 1. The van der Waals surface area contributed by atoms with E-state index in [0.717, 1.165) is 25.9 Å². The van der Waals surface area contributed by atoms with E-state index in [0.29, 0.717) is 4.47 Å². The number of anilines is 1. The van der Waals surface area contributed by atoms with E-state index < -0.39 is 11.8 Å². The van der Waals surface area contributed by atoms with Gasteiger partial charge in [0.15, 0.2) is 0 Å². The second kappa shape index (κ2) is 5.88. The molecule has 1 saturated heterocycles. The van der Waals surface area contributed by atoms with Crippen LogP contribution >= 0.6 is 15.9 Å². The van der Waals surface area contributed by atoms with Crippen molar-refractivity contribution in [1.29, 1.82) is 0 Å². The minimum absolute atomic E-state index is 0.0569. The van der Waals surface area contributed by atoms with Crippen LogP contribution in [0.15, 0.2) is 16.6 Å². The molecule has 1 aromatic carbocycles. The first-order valence-electron chi connectivity index (χ1n) is 6.11. The molecule has 104 valence electrons. The number of halogens is 2. The highest BCUT2D eigenvalue weighted by Crippen LogP contribution is 2.25. The summed E-state index contributed by atoms with van der Waals surface area (Å²) in [6, 6.07) is 2.48. The topological polar surface area (TPSA) is 55.6 Å². The summed E-state index contributed by atoms with van der Waals surface area (Å²) in [5.41, 5.74) is 5.67. The zero-order valence-corrected chi connectivity index (χ0v) is 12.2. The van der Waals surface area contributed by atoms with Crippen LogP contribution in [0, 0.1) is 5.82 Å². The first kappa shape index (κ1) is 14.3. The number of nitrogens with zero attached hydrogens (tertiary/aromatic N) is 1. The number of benzene rings is 1. The summed E-state index contributed by atoms with van der Waals surface area (Å²) >= 11 is 3.15. The third kappa shape index (κ3) is 3.45. The molecular weight excluding hydrogens is 315 g/mol. The van der Waals surface area contributed by atoms with Crippen molar-refractivity contribution in [3.63, 3.8) is 0 Å². The van der Waals surface area contributed by atoms with Crippen LogP contribution in [0.5, 0.6) is 0 Å². The number of hydrogen-bond acceptors (Lipinski definition) is 4. The van der Waals surface area contributed by atoms with Gasteiger partial charge in [-0.2, -0.15) is 0 Å². The largest absolute Gasteiger partial charge is 0.459 e. The van der Waals surface area contributed by atoms with Crippen LogP contribution in [0.1, 0.15) is 23.2 Å². The van der Waals surface area contributed by atoms with Crippen LogP contribution in [0.3, 0.4) is 0 Å². The number of rotatable bonds is 2. The minimum Gasteiger partial charge on any atom is -0.459 e. The van der Waals surface area contributed by atoms with E-state index in [9.17, 15) is 9.18 Å². The highest BCUT2D eigenvalue weighted by molar-refractivity contribution is 9.10. The second-order valence-corrected chi connectivity index (χ2v) is 5.62. The lowest BCUT2D eigenvalue weighted by Gasteiger charge is -2.28. The van der Waals surface area contributed by atoms with Crippen LogP contribution in [-0.4, -0.2) is 37.1 Å². The summed E-state index contributed by atoms with van der Waals surface area (Å²) in [5, 5.41) is 0. The Balaban J connectivity index is 2.06. The third-order valence-corrected chi connectivity index (χ3v) is 3.90. The normalized spacial score (nSPS) is 17.4. The van der Waals surface area contributed by atoms with Crippen molar-refractivity contribution >= 4 is 27.6 Å². The van der Waals surface area contributed by atoms with Crippen LogP contribution in [0.2, 0.25) is 0 Å². The van der Waals surface area contributed by atoms with E-state index >= 15 is 0 Å². The number of nitrogen functional groups attached to an aromatic ring is 1. The molecule has 0 aromatic heterocycles. The van der Waals surface area contributed by atoms with Crippen LogP contribution in [-0.2, 0) is 4.74 Å². The van der Waals surface area contributed by atoms with Crippen LogP contribution < -0.4 is 5.73 Å². The van der Waals surface area contributed by atoms with Gasteiger partial charge in [0.05, 0.1) is 11.3 Å². The Labute approximate surface area is 119 Å². The predicted octanol–water partition coefficient (Wildman–Crippen LogP) is 2.42. The van der Waals surface area contributed by atoms with Crippen molar-refractivity contribution in [2.45, 2.75) is 18.9 Å². The summed E-state index contributed by atoms with van der Waals surface area (Å²) in [5.74, 6) is -1.02. The highest BCUT2D eigenvalue weighted by atomic mass is 79.9. The summed E-state index contributed by atoms with van der Waals surface area (Å²) in [6.45, 7) is 1.81. The highest BCUT2D eigenvalue weighted by Gasteiger charge is 2.22. The molecule has 1 aromatic rings. The van der Waals surface area contributed by atoms with Crippen LogP contribution in [0.25, 0.3) is 0 Å². The van der Waals surface area contributed by atoms with E-state index in [2.05, 4.69) is 20.8 Å². The molecule has 1 aliphatic rings. The molecule has 1 heterocycles. The molecule has 0 atom stereocenters. The number of carbonyl (C=O) groups is 1. The Morgan fingerprint density at radius 3 is 2.74 bits per heavy atom. The summed E-state index contributed by atoms with van der Waals surface area (Å²) in [4.78, 5) is 14.2. The number of carbonyl (C=O) groups excluding carboxylic acids is 1. The SMILES string of the molecule is CN1CCC(OC(=O)c2cc(N)c(F)cc2Br)CC1. The molecule has 6 heteroatoms. The Morgan fingerprint density at radius 1 is 1.47 bits per heavy atom. The molecule has 0 unspecified atom stereocenters. The van der Waals surface area contributed by atoms with Crippen molar-refractivity contribution in [2.24, 2.45) is 0 Å². The van der Waals surface area contributed by atoms with Gasteiger partial charge in [-0.3, -0.25) is 0 Å². The van der Waals surface area contributed by atoms with Crippen molar-refractivity contribution in [3.8, 4) is 0 Å². The van der Waals surface area contributed by atoms with Gasteiger partial charge in [-0.1, -0.05) is 0 Å². The fourth-order valence-electron chi connectivity index (χ4n) is 2.04. The quantitative estimate of drug-likeness (QED) is 0.668. The molecule has 0 amide bonds. The van der Waals surface area contributed by atoms with Gasteiger partial charge in [0.1, 0.15) is 11.9 Å². The molecule has 0 bridgehead atoms. The van der Waals surface area contributed by atoms with Gasteiger partial charge in [0.25, 0.3) is 0 Å². The van der Waals surface area contributed by atoms with E-state index in [1.54, 1.807) is 0 Å². The fraction of sp³-hybridized carbons (Fsp3) is 0.462. The third-order valence-electron chi connectivity index (χ3n) is 3.25. The molecule has 0 aliphatic carbocycles. The number of nitrogens with two attached hydrogens (primary N) is 1. The fourth-order valence-corrected chi connectivity index (χ4v) is 2.52. The number of likely N-dealkylation sites (tertiary alicyclic amines) is 1. The molecule has 19 heavy (non-hydrogen) atoms. The van der Waals surface area contributed by atoms with Crippen molar-refractivity contribution in [2.75, 3.05) is 25.9 Å². The Hall–Kier alpha value is -1.14. The Morgan fingerprint density at radius 2 is 2.11 bits per heavy atom. The van der Waals surface area contributed by atoms with Gasteiger partial charge in [-0.25, -0.2) is 9.18 Å². The minimum atomic E-state index is -0.553. The maximum atomic E-state index is 13.2. The molecular formula is C13H16BrFN2O2. The number of hydrogen-bond donors (Lipinski definition) is 1. The van der Waals surface area contributed by atoms with Gasteiger partial charge in [0, 0.05) is 17.6 Å². The molecule has 0 radical (unpaired) electrons. The van der Waals surface area contributed by atoms with E-state index in [4.69, 9.17) is 10.5 Å². The smallest absolute Gasteiger partial charge is 0.339 e. The van der Waals surface area contributed by atoms with Gasteiger partial charge < -0.3 is 15.4 Å². The van der Waals surface area contributed by atoms with Crippen molar-refractivity contribution in [3.05, 3.63) is 28.0 Å². The van der Waals surface area contributed by atoms with E-state index in [1.165, 1.54) is 12.1 Å². The predicted molar refractivity (Wildman–Crippen MR) is 74.4 cm³/mol. The lowest BCUT2D eigenvalue weighted by molar-refractivity contribution is 0.0138. The zero-order chi connectivity index (χ0) is 14.0. The van der Waals surface area contributed by atoms with Crippen molar-refractivity contribution in [1.82, 2.24) is 4.90 Å². The summed E-state index contributed by atoms with van der Waals surface area (Å²) in [7, 11) is 2.04. The summed E-state index contributed by atoms with van der Waals surface area (Å²) < 4.78 is 19.0. The molecule has 0 spiro atoms. The summed E-state index contributed by atoms with van der Waals surface area (Å²) in [6.07, 6.45) is 1.55. The molecule has 2 N–H and O–H groups in total. The van der Waals surface area contributed by atoms with Crippen LogP contribution in [0.4, 0.5) is 10.1 Å². The second-order valence-electron chi connectivity index (χ2n) is 4.76. The molecule has 4 nitrogen and oxygen atoms in total. The molecule has 2 rings (SSSR count). The van der Waals surface area contributed by atoms with Gasteiger partial charge >= 0.3 is 5.97 Å². The maximum Gasteiger partial charge on any atom is 0.339 e. The average molecular weight is 331 g/mol. The van der Waals surface area contributed by atoms with Gasteiger partial charge in [0.2, 0.25) is 0 Å². The number of ether oxygens (including phenoxy) is 1. The lowest BCUT2D eigenvalue weighted by atomic mass is 10.1. The maximum absolute atomic E-state index is 13.2. The monoisotopic (exact) mass is 330 g/mol. The lowest BCUT2D eigenvalue weighted by Crippen LogP contribution is -2.35. The average Bonchev–Trinajstić information content (AvgIpc) is 2.36. The van der Waals surface area contributed by atoms with Crippen molar-refractivity contribution < 1.29 is 13.9 Å². The molecule has 0 saturated carbocycles. The zero-order valence-electron chi connectivity index (χ0n) is 10.7.